The fourth-order valence-corrected chi connectivity index (χ4v) is 4.13. The Hall–Kier alpha value is -3.61. The summed E-state index contributed by atoms with van der Waals surface area (Å²) in [7, 11) is -5.14. The predicted octanol–water partition coefficient (Wildman–Crippen LogP) is 1.90. The number of nitrogens with zero attached hydrogens (tertiary/aromatic N) is 2. The number of hydrogen-bond acceptors (Lipinski definition) is 6. The van der Waals surface area contributed by atoms with E-state index in [2.05, 4.69) is 4.99 Å². The lowest BCUT2D eigenvalue weighted by Crippen LogP contribution is -2.42. The number of benzene rings is 2. The lowest BCUT2D eigenvalue weighted by atomic mass is 10.2. The SMILES string of the molecule is NC1=c2ccoc2=NCN1c1ccc(NS(=O)(=O)c2c(F)c(F)c(F)c(F)c2F)cc1. The number of fused-ring (bicyclic) bond motifs is 1. The number of sulfonamides is 1. The minimum absolute atomic E-state index is 0.113. The molecule has 0 spiro atoms. The van der Waals surface area contributed by atoms with Crippen LogP contribution in [-0.2, 0) is 10.0 Å². The average Bonchev–Trinajstić information content (AvgIpc) is 3.21. The van der Waals surface area contributed by atoms with Gasteiger partial charge in [0.25, 0.3) is 10.0 Å². The molecule has 3 aromatic rings. The van der Waals surface area contributed by atoms with E-state index in [1.165, 1.54) is 30.5 Å². The molecule has 0 bridgehead atoms. The first-order valence-electron chi connectivity index (χ1n) is 8.41. The van der Waals surface area contributed by atoms with Gasteiger partial charge in [-0.3, -0.25) is 4.72 Å². The van der Waals surface area contributed by atoms with Crippen LogP contribution in [0.5, 0.6) is 0 Å². The van der Waals surface area contributed by atoms with Gasteiger partial charge in [0.15, 0.2) is 28.2 Å². The van der Waals surface area contributed by atoms with Gasteiger partial charge in [0.1, 0.15) is 12.5 Å². The van der Waals surface area contributed by atoms with Crippen LogP contribution in [0.4, 0.5) is 33.3 Å². The maximum Gasteiger partial charge on any atom is 0.267 e. The van der Waals surface area contributed by atoms with Gasteiger partial charge in [0, 0.05) is 11.4 Å². The van der Waals surface area contributed by atoms with E-state index in [0.29, 0.717) is 22.3 Å². The number of furan rings is 1. The van der Waals surface area contributed by atoms with Crippen molar-refractivity contribution < 1.29 is 34.8 Å². The van der Waals surface area contributed by atoms with Gasteiger partial charge in [-0.2, -0.15) is 0 Å². The van der Waals surface area contributed by atoms with E-state index < -0.39 is 44.0 Å². The van der Waals surface area contributed by atoms with Gasteiger partial charge in [0.2, 0.25) is 11.4 Å². The Balaban J connectivity index is 1.65. The van der Waals surface area contributed by atoms with E-state index in [1.54, 1.807) is 15.7 Å². The number of anilines is 2. The fraction of sp³-hybridized carbons (Fsp3) is 0.0556. The van der Waals surface area contributed by atoms with E-state index in [0.717, 1.165) is 0 Å². The number of halogens is 5. The smallest absolute Gasteiger partial charge is 0.267 e. The fourth-order valence-electron chi connectivity index (χ4n) is 2.93. The molecule has 1 aromatic heterocycles. The maximum atomic E-state index is 13.9. The second kappa shape index (κ2) is 7.27. The lowest BCUT2D eigenvalue weighted by Gasteiger charge is -2.24. The van der Waals surface area contributed by atoms with Gasteiger partial charge in [-0.1, -0.05) is 0 Å². The van der Waals surface area contributed by atoms with Crippen LogP contribution >= 0.6 is 0 Å². The van der Waals surface area contributed by atoms with Gasteiger partial charge in [-0.15, -0.1) is 0 Å². The maximum absolute atomic E-state index is 13.9. The number of nitrogens with one attached hydrogen (secondary N) is 1. The molecule has 0 amide bonds. The normalized spacial score (nSPS) is 13.7. The summed E-state index contributed by atoms with van der Waals surface area (Å²) in [4.78, 5) is 3.79. The number of hydrogen-bond donors (Lipinski definition) is 2. The molecule has 0 saturated heterocycles. The molecule has 162 valence electrons. The van der Waals surface area contributed by atoms with Crippen molar-refractivity contribution >= 4 is 27.2 Å². The molecule has 0 atom stereocenters. The first-order chi connectivity index (χ1) is 14.6. The van der Waals surface area contributed by atoms with E-state index in [1.807, 2.05) is 0 Å². The summed E-state index contributed by atoms with van der Waals surface area (Å²) in [5.41, 5.74) is 6.75. The third kappa shape index (κ3) is 3.36. The van der Waals surface area contributed by atoms with Crippen LogP contribution in [0, 0.1) is 29.1 Å². The van der Waals surface area contributed by atoms with E-state index in [-0.39, 0.29) is 12.4 Å². The summed E-state index contributed by atoms with van der Waals surface area (Å²) in [6.07, 6.45) is 1.42. The highest BCUT2D eigenvalue weighted by Gasteiger charge is 2.33. The van der Waals surface area contributed by atoms with Crippen molar-refractivity contribution in [3.05, 3.63) is 76.5 Å². The monoisotopic (exact) mass is 458 g/mol. The highest BCUT2D eigenvalue weighted by Crippen LogP contribution is 2.29. The Kier molecular flexibility index (Phi) is 4.84. The molecule has 7 nitrogen and oxygen atoms in total. The van der Waals surface area contributed by atoms with Crippen LogP contribution in [0.25, 0.3) is 5.82 Å². The second-order valence-electron chi connectivity index (χ2n) is 6.30. The molecule has 13 heteroatoms. The van der Waals surface area contributed by atoms with Gasteiger partial charge in [0.05, 0.1) is 11.5 Å². The molecule has 4 rings (SSSR count). The second-order valence-corrected chi connectivity index (χ2v) is 7.92. The van der Waals surface area contributed by atoms with Crippen molar-refractivity contribution in [2.75, 3.05) is 16.3 Å². The Morgan fingerprint density at radius 1 is 0.935 bits per heavy atom. The minimum Gasteiger partial charge on any atom is -0.446 e. The predicted molar refractivity (Wildman–Crippen MR) is 97.9 cm³/mol. The largest absolute Gasteiger partial charge is 0.446 e. The molecule has 1 aliphatic heterocycles. The third-order valence-electron chi connectivity index (χ3n) is 4.44. The van der Waals surface area contributed by atoms with E-state index >= 15 is 0 Å². The summed E-state index contributed by atoms with van der Waals surface area (Å²) in [5, 5.41) is 0.558. The highest BCUT2D eigenvalue weighted by atomic mass is 32.2. The van der Waals surface area contributed by atoms with Crippen molar-refractivity contribution in [2.24, 2.45) is 10.7 Å². The van der Waals surface area contributed by atoms with Gasteiger partial charge >= 0.3 is 0 Å². The van der Waals surface area contributed by atoms with Crippen LogP contribution in [-0.4, -0.2) is 15.1 Å². The van der Waals surface area contributed by atoms with Crippen molar-refractivity contribution in [1.29, 1.82) is 0 Å². The Labute approximate surface area is 171 Å². The molecule has 0 unspecified atom stereocenters. The molecular weight excluding hydrogens is 447 g/mol. The molecule has 0 saturated carbocycles. The average molecular weight is 458 g/mol. The summed E-state index contributed by atoms with van der Waals surface area (Å²) >= 11 is 0. The standard InChI is InChI=1S/C18H11F5N4O3S/c19-11-12(20)14(22)16(15(23)13(11)21)31(28,29)26-8-1-3-9(4-2-8)27-7-25-18-10(17(27)24)5-6-30-18/h1-6,26H,7,24H2. The van der Waals surface area contributed by atoms with Crippen LogP contribution in [0.1, 0.15) is 0 Å². The molecular formula is C18H11F5N4O3S. The van der Waals surface area contributed by atoms with Crippen LogP contribution in [0.2, 0.25) is 0 Å². The van der Waals surface area contributed by atoms with Crippen molar-refractivity contribution in [3.63, 3.8) is 0 Å². The minimum atomic E-state index is -5.14. The number of rotatable bonds is 4. The molecule has 0 fully saturated rings. The van der Waals surface area contributed by atoms with Crippen LogP contribution in [0.15, 0.2) is 50.9 Å². The first-order valence-corrected chi connectivity index (χ1v) is 9.89. The molecule has 3 N–H and O–H groups in total. The first kappa shape index (κ1) is 20.7. The Bertz CT molecular complexity index is 1390. The highest BCUT2D eigenvalue weighted by molar-refractivity contribution is 7.92. The van der Waals surface area contributed by atoms with Crippen LogP contribution < -0.4 is 26.1 Å². The summed E-state index contributed by atoms with van der Waals surface area (Å²) in [5.74, 6) is -11.8. The summed E-state index contributed by atoms with van der Waals surface area (Å²) in [6.45, 7) is 0.113. The van der Waals surface area contributed by atoms with Crippen LogP contribution in [0.3, 0.4) is 0 Å². The van der Waals surface area contributed by atoms with Crippen molar-refractivity contribution in [2.45, 2.75) is 4.90 Å². The quantitative estimate of drug-likeness (QED) is 0.353. The zero-order valence-corrected chi connectivity index (χ0v) is 16.0. The van der Waals surface area contributed by atoms with Crippen molar-refractivity contribution in [1.82, 2.24) is 0 Å². The lowest BCUT2D eigenvalue weighted by molar-refractivity contribution is 0.358. The summed E-state index contributed by atoms with van der Waals surface area (Å²) in [6, 6.07) is 6.90. The van der Waals surface area contributed by atoms with E-state index in [4.69, 9.17) is 10.2 Å². The molecule has 0 radical (unpaired) electrons. The van der Waals surface area contributed by atoms with Gasteiger partial charge in [-0.05, 0) is 30.3 Å². The number of nitrogens with two attached hydrogens (primary N) is 1. The van der Waals surface area contributed by atoms with Crippen molar-refractivity contribution in [3.8, 4) is 0 Å². The topological polar surface area (TPSA) is 101 Å². The van der Waals surface area contributed by atoms with Gasteiger partial charge in [-0.25, -0.2) is 35.4 Å². The summed E-state index contributed by atoms with van der Waals surface area (Å²) < 4.78 is 99.2. The zero-order chi connectivity index (χ0) is 22.5. The third-order valence-corrected chi connectivity index (χ3v) is 5.84. The Morgan fingerprint density at radius 2 is 1.52 bits per heavy atom. The molecule has 31 heavy (non-hydrogen) atoms. The molecule has 1 aliphatic rings. The molecule has 2 heterocycles. The zero-order valence-electron chi connectivity index (χ0n) is 15.2. The van der Waals surface area contributed by atoms with E-state index in [9.17, 15) is 30.4 Å². The van der Waals surface area contributed by atoms with Gasteiger partial charge < -0.3 is 15.1 Å². The Morgan fingerprint density at radius 3 is 2.13 bits per heavy atom. The molecule has 0 aliphatic carbocycles. The molecule has 2 aromatic carbocycles.